The van der Waals surface area contributed by atoms with Crippen LogP contribution in [-0.2, 0) is 27.7 Å². The third-order valence-electron chi connectivity index (χ3n) is 5.45. The zero-order chi connectivity index (χ0) is 23.3. The molecule has 1 aromatic heterocycles. The van der Waals surface area contributed by atoms with Gasteiger partial charge in [-0.05, 0) is 65.1 Å². The minimum absolute atomic E-state index is 0.0132. The number of hydrogen-bond donors (Lipinski definition) is 0. The predicted octanol–water partition coefficient (Wildman–Crippen LogP) is 5.02. The molecule has 0 aliphatic carbocycles. The highest BCUT2D eigenvalue weighted by Gasteiger charge is 2.33. The third kappa shape index (κ3) is 5.97. The summed E-state index contributed by atoms with van der Waals surface area (Å²) in [6, 6.07) is 12.2. The highest BCUT2D eigenvalue weighted by atomic mass is 32.2. The van der Waals surface area contributed by atoms with Crippen LogP contribution >= 0.6 is 11.3 Å². The molecule has 1 aliphatic heterocycles. The second-order valence-corrected chi connectivity index (χ2v) is 10.5. The number of nitrogens with zero attached hydrogens (tertiary/aromatic N) is 1. The van der Waals surface area contributed by atoms with Gasteiger partial charge in [-0.3, -0.25) is 0 Å². The van der Waals surface area contributed by atoms with E-state index in [-0.39, 0.29) is 19.2 Å². The Balaban J connectivity index is 1.54. The first-order chi connectivity index (χ1) is 15.9. The highest BCUT2D eigenvalue weighted by Crippen LogP contribution is 2.27. The predicted molar refractivity (Wildman–Crippen MR) is 123 cm³/mol. The Morgan fingerprint density at radius 3 is 2.58 bits per heavy atom. The first-order valence-electron chi connectivity index (χ1n) is 10.7. The van der Waals surface area contributed by atoms with Crippen molar-refractivity contribution in [1.29, 1.82) is 0 Å². The molecule has 4 rings (SSSR count). The Kier molecular flexibility index (Phi) is 7.75. The van der Waals surface area contributed by atoms with Crippen molar-refractivity contribution in [3.05, 3.63) is 82.1 Å². The standard InChI is InChI=1S/C24H25F2NO4S2/c25-22-7-2-8-23(26)24(22)33(28,29)27(16-21-6-3-11-30-21)15-19-4-1-5-20(14-19)31-12-9-18-10-13-32-17-18/h1-2,4-5,7-8,10,13-14,17,21H,3,6,9,11-12,15-16H2/t21-/m1/s1. The van der Waals surface area contributed by atoms with Crippen LogP contribution in [0.5, 0.6) is 5.75 Å². The Hall–Kier alpha value is -2.33. The SMILES string of the molecule is O=S(=O)(c1c(F)cccc1F)N(Cc1cccc(OCCc2ccsc2)c1)C[C@H]1CCCO1. The van der Waals surface area contributed by atoms with E-state index in [0.29, 0.717) is 30.9 Å². The molecule has 1 aliphatic rings. The summed E-state index contributed by atoms with van der Waals surface area (Å²) in [4.78, 5) is -0.939. The molecule has 0 unspecified atom stereocenters. The fourth-order valence-corrected chi connectivity index (χ4v) is 6.05. The van der Waals surface area contributed by atoms with Crippen LogP contribution < -0.4 is 4.74 Å². The maximum Gasteiger partial charge on any atom is 0.249 e. The lowest BCUT2D eigenvalue weighted by Gasteiger charge is -2.25. The fraction of sp³-hybridized carbons (Fsp3) is 0.333. The topological polar surface area (TPSA) is 55.8 Å². The molecule has 5 nitrogen and oxygen atoms in total. The van der Waals surface area contributed by atoms with Gasteiger partial charge in [-0.15, -0.1) is 0 Å². The van der Waals surface area contributed by atoms with Gasteiger partial charge in [0, 0.05) is 26.1 Å². The van der Waals surface area contributed by atoms with Crippen LogP contribution in [0.2, 0.25) is 0 Å². The molecule has 1 fully saturated rings. The first kappa shape index (κ1) is 23.8. The summed E-state index contributed by atoms with van der Waals surface area (Å²) < 4.78 is 67.9. The lowest BCUT2D eigenvalue weighted by molar-refractivity contribution is 0.0924. The molecule has 176 valence electrons. The van der Waals surface area contributed by atoms with Crippen molar-refractivity contribution in [3.8, 4) is 5.75 Å². The molecular formula is C24H25F2NO4S2. The Morgan fingerprint density at radius 2 is 1.88 bits per heavy atom. The molecule has 0 bridgehead atoms. The molecule has 2 heterocycles. The van der Waals surface area contributed by atoms with Crippen molar-refractivity contribution >= 4 is 21.4 Å². The van der Waals surface area contributed by atoms with Gasteiger partial charge in [-0.25, -0.2) is 17.2 Å². The number of halogens is 2. The minimum Gasteiger partial charge on any atom is -0.493 e. The van der Waals surface area contributed by atoms with Gasteiger partial charge in [-0.2, -0.15) is 15.6 Å². The number of ether oxygens (including phenoxy) is 2. The lowest BCUT2D eigenvalue weighted by atomic mass is 10.2. The molecule has 2 aromatic carbocycles. The largest absolute Gasteiger partial charge is 0.493 e. The van der Waals surface area contributed by atoms with Gasteiger partial charge in [-0.1, -0.05) is 18.2 Å². The van der Waals surface area contributed by atoms with Crippen LogP contribution in [-0.4, -0.2) is 38.6 Å². The molecule has 0 spiro atoms. The maximum absolute atomic E-state index is 14.4. The second-order valence-electron chi connectivity index (χ2n) is 7.86. The molecule has 33 heavy (non-hydrogen) atoms. The van der Waals surface area contributed by atoms with Gasteiger partial charge in [0.1, 0.15) is 17.4 Å². The molecule has 1 saturated heterocycles. The summed E-state index contributed by atoms with van der Waals surface area (Å²) in [5.41, 5.74) is 1.85. The van der Waals surface area contributed by atoms with Crippen molar-refractivity contribution in [1.82, 2.24) is 4.31 Å². The van der Waals surface area contributed by atoms with Crippen molar-refractivity contribution in [2.24, 2.45) is 0 Å². The van der Waals surface area contributed by atoms with E-state index in [9.17, 15) is 17.2 Å². The van der Waals surface area contributed by atoms with E-state index >= 15 is 0 Å². The average Bonchev–Trinajstić information content (AvgIpc) is 3.48. The molecule has 0 amide bonds. The van der Waals surface area contributed by atoms with E-state index in [0.717, 1.165) is 35.3 Å². The smallest absolute Gasteiger partial charge is 0.249 e. The van der Waals surface area contributed by atoms with E-state index < -0.39 is 26.6 Å². The molecule has 9 heteroatoms. The van der Waals surface area contributed by atoms with Gasteiger partial charge in [0.2, 0.25) is 10.0 Å². The number of sulfonamides is 1. The number of hydrogen-bond acceptors (Lipinski definition) is 5. The van der Waals surface area contributed by atoms with E-state index in [1.807, 2.05) is 11.4 Å². The van der Waals surface area contributed by atoms with Crippen LogP contribution in [0, 0.1) is 11.6 Å². The van der Waals surface area contributed by atoms with Crippen LogP contribution in [0.25, 0.3) is 0 Å². The van der Waals surface area contributed by atoms with Crippen LogP contribution in [0.3, 0.4) is 0 Å². The quantitative estimate of drug-likeness (QED) is 0.398. The molecular weight excluding hydrogens is 468 g/mol. The Labute approximate surface area is 196 Å². The minimum atomic E-state index is -4.44. The summed E-state index contributed by atoms with van der Waals surface area (Å²) in [6.07, 6.45) is 1.96. The number of rotatable bonds is 10. The van der Waals surface area contributed by atoms with Gasteiger partial charge in [0.15, 0.2) is 4.90 Å². The van der Waals surface area contributed by atoms with Gasteiger partial charge >= 0.3 is 0 Å². The molecule has 3 aromatic rings. The van der Waals surface area contributed by atoms with E-state index in [1.54, 1.807) is 35.6 Å². The summed E-state index contributed by atoms with van der Waals surface area (Å²) in [5.74, 6) is -1.62. The zero-order valence-corrected chi connectivity index (χ0v) is 19.6. The third-order valence-corrected chi connectivity index (χ3v) is 8.04. The lowest BCUT2D eigenvalue weighted by Crippen LogP contribution is -2.37. The zero-order valence-electron chi connectivity index (χ0n) is 18.0. The number of thiophene rings is 1. The first-order valence-corrected chi connectivity index (χ1v) is 13.1. The van der Waals surface area contributed by atoms with Crippen molar-refractivity contribution < 1.29 is 26.7 Å². The summed E-state index contributed by atoms with van der Waals surface area (Å²) in [6.45, 7) is 0.982. The average molecular weight is 494 g/mol. The molecule has 0 radical (unpaired) electrons. The van der Waals surface area contributed by atoms with Crippen molar-refractivity contribution in [2.45, 2.75) is 36.8 Å². The van der Waals surface area contributed by atoms with Crippen molar-refractivity contribution in [3.63, 3.8) is 0 Å². The van der Waals surface area contributed by atoms with Crippen LogP contribution in [0.1, 0.15) is 24.0 Å². The second kappa shape index (κ2) is 10.7. The monoisotopic (exact) mass is 493 g/mol. The summed E-state index contributed by atoms with van der Waals surface area (Å²) >= 11 is 1.63. The van der Waals surface area contributed by atoms with E-state index in [4.69, 9.17) is 9.47 Å². The Bertz CT molecular complexity index is 1140. The van der Waals surface area contributed by atoms with Gasteiger partial charge < -0.3 is 9.47 Å². The fourth-order valence-electron chi connectivity index (χ4n) is 3.78. The maximum atomic E-state index is 14.4. The van der Waals surface area contributed by atoms with Crippen LogP contribution in [0.4, 0.5) is 8.78 Å². The number of benzene rings is 2. The van der Waals surface area contributed by atoms with Crippen molar-refractivity contribution in [2.75, 3.05) is 19.8 Å². The normalized spacial score (nSPS) is 16.4. The molecule has 1 atom stereocenters. The Morgan fingerprint density at radius 1 is 1.09 bits per heavy atom. The van der Waals surface area contributed by atoms with E-state index in [2.05, 4.69) is 5.38 Å². The van der Waals surface area contributed by atoms with Gasteiger partial charge in [0.05, 0.1) is 12.7 Å². The summed E-state index contributed by atoms with van der Waals surface area (Å²) in [7, 11) is -4.44. The highest BCUT2D eigenvalue weighted by molar-refractivity contribution is 7.89. The summed E-state index contributed by atoms with van der Waals surface area (Å²) in [5, 5.41) is 4.08. The van der Waals surface area contributed by atoms with E-state index in [1.165, 1.54) is 5.56 Å². The molecule has 0 N–H and O–H groups in total. The van der Waals surface area contributed by atoms with Gasteiger partial charge in [0.25, 0.3) is 0 Å². The van der Waals surface area contributed by atoms with Crippen LogP contribution in [0.15, 0.2) is 64.2 Å². The molecule has 0 saturated carbocycles.